The molecule has 0 amide bonds. The van der Waals surface area contributed by atoms with E-state index in [-0.39, 0.29) is 5.82 Å². The summed E-state index contributed by atoms with van der Waals surface area (Å²) in [6.45, 7) is 4.00. The zero-order chi connectivity index (χ0) is 13.7. The maximum atomic E-state index is 12.8. The summed E-state index contributed by atoms with van der Waals surface area (Å²) in [5.74, 6) is -0.212. The van der Waals surface area contributed by atoms with E-state index in [2.05, 4.69) is 10.5 Å². The van der Waals surface area contributed by atoms with Crippen LogP contribution in [0.1, 0.15) is 18.1 Å². The summed E-state index contributed by atoms with van der Waals surface area (Å²) in [7, 11) is 0. The Balaban J connectivity index is 1.95. The van der Waals surface area contributed by atoms with Crippen LogP contribution in [0, 0.1) is 12.7 Å². The lowest BCUT2D eigenvalue weighted by Gasteiger charge is -2.04. The minimum absolute atomic E-state index is 0.212. The van der Waals surface area contributed by atoms with Gasteiger partial charge in [-0.2, -0.15) is 5.10 Å². The molecular formula is C16H17FN2. The Hall–Kier alpha value is -2.16. The van der Waals surface area contributed by atoms with Crippen LogP contribution in [0.5, 0.6) is 0 Å². The highest BCUT2D eigenvalue weighted by atomic mass is 19.1. The number of hydrazone groups is 1. The zero-order valence-corrected chi connectivity index (χ0v) is 11.2. The van der Waals surface area contributed by atoms with Crippen molar-refractivity contribution >= 4 is 11.4 Å². The predicted octanol–water partition coefficient (Wildman–Crippen LogP) is 4.16. The zero-order valence-electron chi connectivity index (χ0n) is 11.2. The fourth-order valence-electron chi connectivity index (χ4n) is 1.73. The van der Waals surface area contributed by atoms with E-state index in [1.807, 2.05) is 38.1 Å². The molecule has 2 rings (SSSR count). The van der Waals surface area contributed by atoms with Gasteiger partial charge in [0.25, 0.3) is 0 Å². The van der Waals surface area contributed by atoms with Crippen LogP contribution in [0.25, 0.3) is 0 Å². The largest absolute Gasteiger partial charge is 0.279 e. The number of nitrogens with zero attached hydrogens (tertiary/aromatic N) is 1. The summed E-state index contributed by atoms with van der Waals surface area (Å²) in [4.78, 5) is 0. The van der Waals surface area contributed by atoms with E-state index >= 15 is 0 Å². The van der Waals surface area contributed by atoms with Gasteiger partial charge >= 0.3 is 0 Å². The van der Waals surface area contributed by atoms with Gasteiger partial charge in [-0.1, -0.05) is 29.8 Å². The smallest absolute Gasteiger partial charge is 0.123 e. The van der Waals surface area contributed by atoms with Gasteiger partial charge in [0.2, 0.25) is 0 Å². The van der Waals surface area contributed by atoms with Crippen LogP contribution in [0.15, 0.2) is 53.6 Å². The lowest BCUT2D eigenvalue weighted by Crippen LogP contribution is -2.01. The third-order valence-electron chi connectivity index (χ3n) is 2.80. The molecule has 0 bridgehead atoms. The van der Waals surface area contributed by atoms with Gasteiger partial charge in [0.1, 0.15) is 5.82 Å². The number of hydrogen-bond donors (Lipinski definition) is 1. The number of nitrogens with one attached hydrogen (secondary N) is 1. The molecule has 0 spiro atoms. The molecule has 0 saturated carbocycles. The summed E-state index contributed by atoms with van der Waals surface area (Å²) in [5, 5.41) is 4.31. The van der Waals surface area contributed by atoms with E-state index < -0.39 is 0 Å². The fraction of sp³-hybridized carbons (Fsp3) is 0.188. The Labute approximate surface area is 113 Å². The van der Waals surface area contributed by atoms with Crippen LogP contribution in [0.4, 0.5) is 10.1 Å². The number of halogens is 1. The molecule has 0 radical (unpaired) electrons. The molecule has 0 fully saturated rings. The molecule has 2 aromatic carbocycles. The van der Waals surface area contributed by atoms with Crippen molar-refractivity contribution in [2.75, 3.05) is 5.43 Å². The number of benzene rings is 2. The molecule has 0 saturated heterocycles. The van der Waals surface area contributed by atoms with Crippen LogP contribution in [0.2, 0.25) is 0 Å². The second-order valence-electron chi connectivity index (χ2n) is 4.63. The van der Waals surface area contributed by atoms with Crippen LogP contribution in [-0.2, 0) is 6.42 Å². The molecule has 0 atom stereocenters. The standard InChI is InChI=1S/C16H17FN2/c1-12-3-9-16(10-4-12)19-18-13(2)11-14-5-7-15(17)8-6-14/h3-10,19H,11H2,1-2H3. The quantitative estimate of drug-likeness (QED) is 0.644. The van der Waals surface area contributed by atoms with E-state index in [1.165, 1.54) is 17.7 Å². The van der Waals surface area contributed by atoms with Crippen molar-refractivity contribution in [3.63, 3.8) is 0 Å². The highest BCUT2D eigenvalue weighted by Gasteiger charge is 1.97. The van der Waals surface area contributed by atoms with Gasteiger partial charge in [0.05, 0.1) is 5.69 Å². The molecular weight excluding hydrogens is 239 g/mol. The summed E-state index contributed by atoms with van der Waals surface area (Å²) in [6, 6.07) is 14.5. The maximum absolute atomic E-state index is 12.8. The molecule has 98 valence electrons. The second-order valence-corrected chi connectivity index (χ2v) is 4.63. The Morgan fingerprint density at radius 3 is 2.32 bits per heavy atom. The van der Waals surface area contributed by atoms with Crippen molar-refractivity contribution in [2.45, 2.75) is 20.3 Å². The first-order chi connectivity index (χ1) is 9.13. The molecule has 19 heavy (non-hydrogen) atoms. The van der Waals surface area contributed by atoms with Gasteiger partial charge in [-0.15, -0.1) is 0 Å². The van der Waals surface area contributed by atoms with E-state index in [0.29, 0.717) is 6.42 Å². The Kier molecular flexibility index (Phi) is 4.29. The molecule has 2 nitrogen and oxygen atoms in total. The monoisotopic (exact) mass is 256 g/mol. The average Bonchev–Trinajstić information content (AvgIpc) is 2.41. The van der Waals surface area contributed by atoms with E-state index in [9.17, 15) is 4.39 Å². The molecule has 0 aliphatic rings. The molecule has 0 aliphatic heterocycles. The molecule has 0 aliphatic carbocycles. The van der Waals surface area contributed by atoms with Crippen LogP contribution >= 0.6 is 0 Å². The minimum Gasteiger partial charge on any atom is -0.279 e. The lowest BCUT2D eigenvalue weighted by molar-refractivity contribution is 0.627. The Bertz CT molecular complexity index is 556. The molecule has 2 aromatic rings. The van der Waals surface area contributed by atoms with E-state index in [4.69, 9.17) is 0 Å². The van der Waals surface area contributed by atoms with E-state index in [0.717, 1.165) is 17.0 Å². The van der Waals surface area contributed by atoms with Crippen molar-refractivity contribution in [2.24, 2.45) is 5.10 Å². The van der Waals surface area contributed by atoms with Crippen molar-refractivity contribution in [1.29, 1.82) is 0 Å². The van der Waals surface area contributed by atoms with Crippen molar-refractivity contribution < 1.29 is 4.39 Å². The molecule has 0 unspecified atom stereocenters. The van der Waals surface area contributed by atoms with Gasteiger partial charge in [0.15, 0.2) is 0 Å². The maximum Gasteiger partial charge on any atom is 0.123 e. The third-order valence-corrected chi connectivity index (χ3v) is 2.80. The summed E-state index contributed by atoms with van der Waals surface area (Å²) >= 11 is 0. The molecule has 3 heteroatoms. The SMILES string of the molecule is CC(Cc1ccc(F)cc1)=NNc1ccc(C)cc1. The topological polar surface area (TPSA) is 24.4 Å². The average molecular weight is 256 g/mol. The third kappa shape index (κ3) is 4.21. The van der Waals surface area contributed by atoms with E-state index in [1.54, 1.807) is 12.1 Å². The minimum atomic E-state index is -0.212. The van der Waals surface area contributed by atoms with Crippen molar-refractivity contribution in [1.82, 2.24) is 0 Å². The van der Waals surface area contributed by atoms with Gasteiger partial charge in [0, 0.05) is 12.1 Å². The van der Waals surface area contributed by atoms with Crippen LogP contribution in [-0.4, -0.2) is 5.71 Å². The first kappa shape index (κ1) is 13.3. The molecule has 0 aromatic heterocycles. The lowest BCUT2D eigenvalue weighted by atomic mass is 10.1. The highest BCUT2D eigenvalue weighted by molar-refractivity contribution is 5.84. The highest BCUT2D eigenvalue weighted by Crippen LogP contribution is 2.09. The number of aryl methyl sites for hydroxylation is 1. The number of rotatable bonds is 4. The van der Waals surface area contributed by atoms with Gasteiger partial charge < -0.3 is 0 Å². The second kappa shape index (κ2) is 6.14. The normalized spacial score (nSPS) is 11.4. The number of anilines is 1. The summed E-state index contributed by atoms with van der Waals surface area (Å²) < 4.78 is 12.8. The molecule has 0 heterocycles. The van der Waals surface area contributed by atoms with Gasteiger partial charge in [-0.25, -0.2) is 4.39 Å². The summed E-state index contributed by atoms with van der Waals surface area (Å²) in [5.41, 5.74) is 7.20. The van der Waals surface area contributed by atoms with Gasteiger partial charge in [-0.05, 0) is 43.7 Å². The van der Waals surface area contributed by atoms with Crippen molar-refractivity contribution in [3.8, 4) is 0 Å². The molecule has 1 N–H and O–H groups in total. The van der Waals surface area contributed by atoms with Crippen LogP contribution in [0.3, 0.4) is 0 Å². The van der Waals surface area contributed by atoms with Crippen LogP contribution < -0.4 is 5.43 Å². The Morgan fingerprint density at radius 1 is 1.05 bits per heavy atom. The summed E-state index contributed by atoms with van der Waals surface area (Å²) in [6.07, 6.45) is 0.707. The fourth-order valence-corrected chi connectivity index (χ4v) is 1.73. The predicted molar refractivity (Wildman–Crippen MR) is 78.0 cm³/mol. The van der Waals surface area contributed by atoms with Gasteiger partial charge in [-0.3, -0.25) is 5.43 Å². The first-order valence-electron chi connectivity index (χ1n) is 6.24. The number of hydrogen-bond acceptors (Lipinski definition) is 2. The first-order valence-corrected chi connectivity index (χ1v) is 6.24. The Morgan fingerprint density at radius 2 is 1.68 bits per heavy atom. The van der Waals surface area contributed by atoms with Crippen molar-refractivity contribution in [3.05, 3.63) is 65.5 Å².